The Kier molecular flexibility index (Phi) is 6.87. The van der Waals surface area contributed by atoms with Crippen LogP contribution >= 0.6 is 0 Å². The van der Waals surface area contributed by atoms with Gasteiger partial charge in [0.25, 0.3) is 0 Å². The van der Waals surface area contributed by atoms with Crippen LogP contribution in [0, 0.1) is 52.3 Å². The summed E-state index contributed by atoms with van der Waals surface area (Å²) in [7, 11) is 0. The number of carbonyl (C=O) groups excluding carboxylic acids is 2. The van der Waals surface area contributed by atoms with Crippen molar-refractivity contribution in [3.05, 3.63) is 0 Å². The van der Waals surface area contributed by atoms with E-state index in [0.717, 1.165) is 49.4 Å². The van der Waals surface area contributed by atoms with Crippen molar-refractivity contribution >= 4 is 11.8 Å². The number of hydrogen-bond acceptors (Lipinski definition) is 3. The minimum absolute atomic E-state index is 0.0635. The average molecular weight is 445 g/mol. The van der Waals surface area contributed by atoms with Crippen molar-refractivity contribution in [1.82, 2.24) is 0 Å². The van der Waals surface area contributed by atoms with E-state index in [-0.39, 0.29) is 28.8 Å². The van der Waals surface area contributed by atoms with Gasteiger partial charge in [-0.3, -0.25) is 9.59 Å². The molecule has 9 atom stereocenters. The predicted molar refractivity (Wildman–Crippen MR) is 129 cm³/mol. The molecule has 0 N–H and O–H groups in total. The van der Waals surface area contributed by atoms with Crippen LogP contribution in [0.4, 0.5) is 0 Å². The van der Waals surface area contributed by atoms with Crippen molar-refractivity contribution in [2.45, 2.75) is 118 Å². The van der Waals surface area contributed by atoms with Crippen LogP contribution in [0.1, 0.15) is 112 Å². The Morgan fingerprint density at radius 3 is 2.47 bits per heavy atom. The zero-order valence-corrected chi connectivity index (χ0v) is 21.6. The molecule has 182 valence electrons. The Hall–Kier alpha value is -0.860. The SMILES string of the molecule is CC(=O)OC1CCC2(C)C(CCC3C4CCC(C(C)CCCC(C)C)C4(C)CC(=O)C32)C1. The molecule has 0 bridgehead atoms. The predicted octanol–water partition coefficient (Wildman–Crippen LogP) is 7.22. The third-order valence-electron chi connectivity index (χ3n) is 10.8. The van der Waals surface area contributed by atoms with Crippen molar-refractivity contribution in [2.24, 2.45) is 52.3 Å². The lowest BCUT2D eigenvalue weighted by Gasteiger charge is -2.60. The Morgan fingerprint density at radius 2 is 1.78 bits per heavy atom. The van der Waals surface area contributed by atoms with Crippen molar-refractivity contribution in [2.75, 3.05) is 0 Å². The van der Waals surface area contributed by atoms with Gasteiger partial charge in [0.1, 0.15) is 11.9 Å². The fraction of sp³-hybridized carbons (Fsp3) is 0.931. The zero-order chi connectivity index (χ0) is 23.3. The van der Waals surface area contributed by atoms with E-state index in [2.05, 4.69) is 34.6 Å². The number of esters is 1. The van der Waals surface area contributed by atoms with Gasteiger partial charge in [0.2, 0.25) is 0 Å². The smallest absolute Gasteiger partial charge is 0.302 e. The van der Waals surface area contributed by atoms with Crippen LogP contribution in [0.15, 0.2) is 0 Å². The van der Waals surface area contributed by atoms with Crippen molar-refractivity contribution in [3.8, 4) is 0 Å². The number of Topliss-reactive ketones (excluding diaryl/α,β-unsaturated/α-hetero) is 1. The highest BCUT2D eigenvalue weighted by Crippen LogP contribution is 2.67. The monoisotopic (exact) mass is 444 g/mol. The summed E-state index contributed by atoms with van der Waals surface area (Å²) in [4.78, 5) is 25.4. The van der Waals surface area contributed by atoms with Crippen LogP contribution in [0.25, 0.3) is 0 Å². The molecular formula is C29H48O3. The lowest BCUT2D eigenvalue weighted by Crippen LogP contribution is -2.58. The Morgan fingerprint density at radius 1 is 1.03 bits per heavy atom. The summed E-state index contributed by atoms with van der Waals surface area (Å²) in [6.07, 6.45) is 12.9. The molecule has 0 aromatic rings. The highest BCUT2D eigenvalue weighted by molar-refractivity contribution is 5.84. The van der Waals surface area contributed by atoms with Gasteiger partial charge in [0, 0.05) is 19.3 Å². The summed E-state index contributed by atoms with van der Waals surface area (Å²) in [6.45, 7) is 13.6. The van der Waals surface area contributed by atoms with E-state index in [1.165, 1.54) is 51.9 Å². The van der Waals surface area contributed by atoms with E-state index in [4.69, 9.17) is 4.74 Å². The molecule has 0 heterocycles. The van der Waals surface area contributed by atoms with Crippen LogP contribution in [0.3, 0.4) is 0 Å². The second-order valence-electron chi connectivity index (χ2n) is 13.2. The van der Waals surface area contributed by atoms with Crippen molar-refractivity contribution in [3.63, 3.8) is 0 Å². The molecule has 3 heteroatoms. The molecule has 0 aromatic heterocycles. The summed E-state index contributed by atoms with van der Waals surface area (Å²) < 4.78 is 5.60. The number of carbonyl (C=O) groups is 2. The van der Waals surface area contributed by atoms with Crippen molar-refractivity contribution in [1.29, 1.82) is 0 Å². The maximum Gasteiger partial charge on any atom is 0.302 e. The first-order chi connectivity index (χ1) is 15.1. The summed E-state index contributed by atoms with van der Waals surface area (Å²) in [5, 5.41) is 0. The Balaban J connectivity index is 1.49. The lowest BCUT2D eigenvalue weighted by atomic mass is 9.44. The zero-order valence-electron chi connectivity index (χ0n) is 21.6. The molecule has 0 aromatic carbocycles. The Bertz CT molecular complexity index is 713. The van der Waals surface area contributed by atoms with E-state index < -0.39 is 0 Å². The molecule has 0 aliphatic heterocycles. The molecule has 32 heavy (non-hydrogen) atoms. The number of rotatable bonds is 6. The van der Waals surface area contributed by atoms with Gasteiger partial charge in [0.15, 0.2) is 0 Å². The summed E-state index contributed by atoms with van der Waals surface area (Å²) >= 11 is 0. The Labute approximate surface area is 196 Å². The number of ketones is 1. The van der Waals surface area contributed by atoms with Crippen LogP contribution < -0.4 is 0 Å². The standard InChI is InChI=1S/C29H48O3/c1-18(2)8-7-9-19(3)24-12-13-25-23-11-10-21-16-22(32-20(4)30)14-15-28(21,5)27(23)26(31)17-29(24,25)6/h18-19,21-25,27H,7-17H2,1-6H3. The summed E-state index contributed by atoms with van der Waals surface area (Å²) in [6, 6.07) is 0. The largest absolute Gasteiger partial charge is 0.463 e. The van der Waals surface area contributed by atoms with E-state index >= 15 is 0 Å². The number of hydrogen-bond donors (Lipinski definition) is 0. The fourth-order valence-electron chi connectivity index (χ4n) is 9.40. The quantitative estimate of drug-likeness (QED) is 0.406. The molecule has 0 amide bonds. The number of ether oxygens (including phenoxy) is 1. The van der Waals surface area contributed by atoms with Gasteiger partial charge < -0.3 is 4.74 Å². The third-order valence-corrected chi connectivity index (χ3v) is 10.8. The molecule has 0 spiro atoms. The minimum atomic E-state index is -0.156. The van der Waals surface area contributed by atoms with Crippen molar-refractivity contribution < 1.29 is 14.3 Å². The third kappa shape index (κ3) is 4.20. The molecule has 3 nitrogen and oxygen atoms in total. The topological polar surface area (TPSA) is 43.4 Å². The van der Waals surface area contributed by atoms with Gasteiger partial charge in [0.05, 0.1) is 0 Å². The van der Waals surface area contributed by atoms with E-state index in [0.29, 0.717) is 17.6 Å². The first kappa shape index (κ1) is 24.3. The molecule has 4 aliphatic rings. The molecule has 0 radical (unpaired) electrons. The molecule has 9 unspecified atom stereocenters. The highest BCUT2D eigenvalue weighted by atomic mass is 16.5. The van der Waals surface area contributed by atoms with E-state index in [1.807, 2.05) is 0 Å². The van der Waals surface area contributed by atoms with Gasteiger partial charge >= 0.3 is 5.97 Å². The summed E-state index contributed by atoms with van der Waals surface area (Å²) in [5.74, 6) is 4.75. The van der Waals surface area contributed by atoms with Gasteiger partial charge in [-0.25, -0.2) is 0 Å². The maximum atomic E-state index is 13.9. The lowest BCUT2D eigenvalue weighted by molar-refractivity contribution is -0.169. The van der Waals surface area contributed by atoms with Gasteiger partial charge in [-0.1, -0.05) is 53.9 Å². The highest BCUT2D eigenvalue weighted by Gasteiger charge is 2.63. The van der Waals surface area contributed by atoms with E-state index in [9.17, 15) is 9.59 Å². The fourth-order valence-corrected chi connectivity index (χ4v) is 9.40. The van der Waals surface area contributed by atoms with E-state index in [1.54, 1.807) is 0 Å². The van der Waals surface area contributed by atoms with Gasteiger partial charge in [-0.15, -0.1) is 0 Å². The number of fused-ring (bicyclic) bond motifs is 5. The van der Waals surface area contributed by atoms with Gasteiger partial charge in [-0.2, -0.15) is 0 Å². The average Bonchev–Trinajstić information content (AvgIpc) is 3.03. The van der Waals surface area contributed by atoms with Crippen LogP contribution in [-0.4, -0.2) is 17.9 Å². The molecular weight excluding hydrogens is 396 g/mol. The molecule has 4 saturated carbocycles. The normalized spacial score (nSPS) is 44.5. The molecule has 4 aliphatic carbocycles. The first-order valence-electron chi connectivity index (χ1n) is 13.8. The molecule has 4 rings (SSSR count). The molecule has 0 saturated heterocycles. The van der Waals surface area contributed by atoms with Crippen LogP contribution in [0.2, 0.25) is 0 Å². The minimum Gasteiger partial charge on any atom is -0.463 e. The van der Waals surface area contributed by atoms with Crippen LogP contribution in [-0.2, 0) is 14.3 Å². The van der Waals surface area contributed by atoms with Crippen LogP contribution in [0.5, 0.6) is 0 Å². The molecule has 4 fully saturated rings. The summed E-state index contributed by atoms with van der Waals surface area (Å²) in [5.41, 5.74) is 0.326. The van der Waals surface area contributed by atoms with Gasteiger partial charge in [-0.05, 0) is 91.3 Å². The first-order valence-corrected chi connectivity index (χ1v) is 13.8. The second kappa shape index (κ2) is 9.06. The maximum absolute atomic E-state index is 13.9. The second-order valence-corrected chi connectivity index (χ2v) is 13.2.